The van der Waals surface area contributed by atoms with Crippen LogP contribution in [0.15, 0.2) is 65.8 Å². The summed E-state index contributed by atoms with van der Waals surface area (Å²) in [6.07, 6.45) is 13.0. The first-order valence-electron chi connectivity index (χ1n) is 12.4. The summed E-state index contributed by atoms with van der Waals surface area (Å²) >= 11 is 0. The van der Waals surface area contributed by atoms with E-state index in [-0.39, 0.29) is 10.8 Å². The van der Waals surface area contributed by atoms with Gasteiger partial charge in [0.25, 0.3) is 5.91 Å². The van der Waals surface area contributed by atoms with Gasteiger partial charge in [-0.2, -0.15) is 0 Å². The zero-order chi connectivity index (χ0) is 27.9. The second-order valence-electron chi connectivity index (χ2n) is 9.65. The molecule has 0 saturated heterocycles. The maximum atomic E-state index is 13.2. The normalized spacial score (nSPS) is 15.8. The Hall–Kier alpha value is -3.74. The third kappa shape index (κ3) is 6.97. The summed E-state index contributed by atoms with van der Waals surface area (Å²) in [4.78, 5) is 23.6. The summed E-state index contributed by atoms with van der Waals surface area (Å²) in [5, 5.41) is 0. The summed E-state index contributed by atoms with van der Waals surface area (Å²) in [6, 6.07) is 13.6. The van der Waals surface area contributed by atoms with Gasteiger partial charge in [-0.25, -0.2) is 18.1 Å². The number of carbonyl (C=O) groups excluding carboxylic acids is 1. The van der Waals surface area contributed by atoms with E-state index < -0.39 is 21.7 Å². The van der Waals surface area contributed by atoms with Crippen molar-refractivity contribution in [3.8, 4) is 18.7 Å². The molecule has 38 heavy (non-hydrogen) atoms. The number of ether oxygens (including phenoxy) is 1. The number of terminal acetylenes is 1. The SMILES string of the molecule is C#C.CCc1ccc(S(=O)(=O)N[C@H]2CC(C)(C)Oc3ncc(C(=O)N(C)CCc4ccccn4)cc32)cc1. The molecule has 1 amide bonds. The van der Waals surface area contributed by atoms with E-state index in [2.05, 4.69) is 27.5 Å². The van der Waals surface area contributed by atoms with Gasteiger partial charge in [0, 0.05) is 50.1 Å². The number of fused-ring (bicyclic) bond motifs is 1. The van der Waals surface area contributed by atoms with Crippen LogP contribution in [0.3, 0.4) is 0 Å². The lowest BCUT2D eigenvalue weighted by atomic mass is 9.91. The van der Waals surface area contributed by atoms with Gasteiger partial charge >= 0.3 is 0 Å². The van der Waals surface area contributed by atoms with E-state index in [1.54, 1.807) is 36.3 Å². The van der Waals surface area contributed by atoms with Gasteiger partial charge in [-0.15, -0.1) is 12.8 Å². The Morgan fingerprint density at radius 2 is 1.87 bits per heavy atom. The second kappa shape index (κ2) is 12.2. The van der Waals surface area contributed by atoms with Crippen LogP contribution in [0.1, 0.15) is 60.4 Å². The molecule has 0 fully saturated rings. The summed E-state index contributed by atoms with van der Waals surface area (Å²) in [7, 11) is -2.08. The molecule has 2 aromatic heterocycles. The topological polar surface area (TPSA) is 101 Å². The van der Waals surface area contributed by atoms with Crippen molar-refractivity contribution in [3.63, 3.8) is 0 Å². The van der Waals surface area contributed by atoms with Crippen molar-refractivity contribution in [2.45, 2.75) is 56.6 Å². The number of sulfonamides is 1. The molecule has 4 rings (SSSR count). The first kappa shape index (κ1) is 28.8. The fourth-order valence-corrected chi connectivity index (χ4v) is 5.46. The maximum Gasteiger partial charge on any atom is 0.255 e. The molecule has 3 heterocycles. The zero-order valence-electron chi connectivity index (χ0n) is 22.2. The summed E-state index contributed by atoms with van der Waals surface area (Å²) in [6.45, 7) is 6.28. The lowest BCUT2D eigenvalue weighted by molar-refractivity contribution is 0.0638. The van der Waals surface area contributed by atoms with E-state index in [1.807, 2.05) is 51.1 Å². The minimum atomic E-state index is -3.80. The van der Waals surface area contributed by atoms with Gasteiger partial charge in [0.2, 0.25) is 15.9 Å². The number of nitrogens with one attached hydrogen (secondary N) is 1. The monoisotopic (exact) mass is 534 g/mol. The molecule has 0 spiro atoms. The number of carbonyl (C=O) groups is 1. The van der Waals surface area contributed by atoms with E-state index in [9.17, 15) is 13.2 Å². The van der Waals surface area contributed by atoms with Crippen LogP contribution < -0.4 is 9.46 Å². The average molecular weight is 535 g/mol. The van der Waals surface area contributed by atoms with E-state index in [0.29, 0.717) is 36.4 Å². The number of pyridine rings is 2. The molecule has 0 saturated carbocycles. The molecule has 0 bridgehead atoms. The van der Waals surface area contributed by atoms with E-state index >= 15 is 0 Å². The number of benzene rings is 1. The second-order valence-corrected chi connectivity index (χ2v) is 11.4. The molecule has 9 heteroatoms. The van der Waals surface area contributed by atoms with E-state index in [1.165, 1.54) is 6.20 Å². The van der Waals surface area contributed by atoms with Crippen LogP contribution >= 0.6 is 0 Å². The Morgan fingerprint density at radius 1 is 1.16 bits per heavy atom. The molecule has 1 N–H and O–H groups in total. The number of amides is 1. The molecular weight excluding hydrogens is 500 g/mol. The molecule has 0 unspecified atom stereocenters. The number of aryl methyl sites for hydroxylation is 1. The highest BCUT2D eigenvalue weighted by atomic mass is 32.2. The van der Waals surface area contributed by atoms with Crippen LogP contribution in [0, 0.1) is 12.8 Å². The fourth-order valence-electron chi connectivity index (χ4n) is 4.24. The van der Waals surface area contributed by atoms with Gasteiger partial charge in [-0.3, -0.25) is 9.78 Å². The lowest BCUT2D eigenvalue weighted by Crippen LogP contribution is -2.42. The summed E-state index contributed by atoms with van der Waals surface area (Å²) in [5.41, 5.74) is 2.25. The van der Waals surface area contributed by atoms with Crippen molar-refractivity contribution in [1.82, 2.24) is 19.6 Å². The highest BCUT2D eigenvalue weighted by molar-refractivity contribution is 7.89. The first-order chi connectivity index (χ1) is 18.1. The quantitative estimate of drug-likeness (QED) is 0.435. The molecule has 8 nitrogen and oxygen atoms in total. The van der Waals surface area contributed by atoms with Crippen LogP contribution in [0.5, 0.6) is 5.88 Å². The van der Waals surface area contributed by atoms with Crippen LogP contribution in [0.4, 0.5) is 0 Å². The number of rotatable bonds is 8. The number of hydrogen-bond acceptors (Lipinski definition) is 6. The molecule has 0 radical (unpaired) electrons. The zero-order valence-corrected chi connectivity index (χ0v) is 23.0. The van der Waals surface area contributed by atoms with Gasteiger partial charge in [-0.1, -0.05) is 25.1 Å². The Morgan fingerprint density at radius 3 is 2.50 bits per heavy atom. The largest absolute Gasteiger partial charge is 0.471 e. The van der Waals surface area contributed by atoms with Crippen molar-refractivity contribution >= 4 is 15.9 Å². The standard InChI is InChI=1S/C27H32N4O4S.C2H2/c1-5-19-9-11-22(12-10-19)36(33,34)30-24-17-27(2,3)35-25-23(24)16-20(18-29-25)26(32)31(4)15-13-21-8-6-7-14-28-21;1-2/h6-12,14,16,18,24,30H,5,13,15,17H2,1-4H3;1-2H/t24-;/m0./s1. The third-order valence-electron chi connectivity index (χ3n) is 6.29. The van der Waals surface area contributed by atoms with E-state index in [4.69, 9.17) is 4.74 Å². The smallest absolute Gasteiger partial charge is 0.255 e. The minimum absolute atomic E-state index is 0.194. The summed E-state index contributed by atoms with van der Waals surface area (Å²) < 4.78 is 35.3. The highest BCUT2D eigenvalue weighted by Crippen LogP contribution is 2.39. The van der Waals surface area contributed by atoms with Crippen molar-refractivity contribution in [1.29, 1.82) is 0 Å². The Labute approximate surface area is 225 Å². The predicted octanol–water partition coefficient (Wildman–Crippen LogP) is 4.18. The fraction of sp³-hybridized carbons (Fsp3) is 0.345. The third-order valence-corrected chi connectivity index (χ3v) is 7.77. The van der Waals surface area contributed by atoms with Gasteiger partial charge < -0.3 is 9.64 Å². The number of likely N-dealkylation sites (N-methyl/N-ethyl adjacent to an activating group) is 1. The first-order valence-corrected chi connectivity index (χ1v) is 13.9. The van der Waals surface area contributed by atoms with Gasteiger partial charge in [0.1, 0.15) is 5.60 Å². The molecule has 3 aromatic rings. The molecule has 1 aliphatic heterocycles. The van der Waals surface area contributed by atoms with Gasteiger partial charge in [0.05, 0.1) is 16.5 Å². The number of nitrogens with zero attached hydrogens (tertiary/aromatic N) is 3. The predicted molar refractivity (Wildman–Crippen MR) is 147 cm³/mol. The average Bonchev–Trinajstić information content (AvgIpc) is 2.92. The van der Waals surface area contributed by atoms with Crippen molar-refractivity contribution in [2.75, 3.05) is 13.6 Å². The number of hydrogen-bond donors (Lipinski definition) is 1. The Bertz CT molecular complexity index is 1370. The molecule has 1 aliphatic rings. The molecule has 1 aromatic carbocycles. The van der Waals surface area contributed by atoms with Gasteiger partial charge in [-0.05, 0) is 56.2 Å². The summed E-state index contributed by atoms with van der Waals surface area (Å²) in [5.74, 6) is 0.121. The van der Waals surface area contributed by atoms with Crippen LogP contribution in [-0.4, -0.2) is 48.4 Å². The van der Waals surface area contributed by atoms with Gasteiger partial charge in [0.15, 0.2) is 0 Å². The lowest BCUT2D eigenvalue weighted by Gasteiger charge is -2.37. The van der Waals surface area contributed by atoms with Crippen LogP contribution in [-0.2, 0) is 22.9 Å². The molecule has 0 aliphatic carbocycles. The molecule has 200 valence electrons. The minimum Gasteiger partial charge on any atom is -0.471 e. The highest BCUT2D eigenvalue weighted by Gasteiger charge is 2.37. The van der Waals surface area contributed by atoms with Crippen LogP contribution in [0.25, 0.3) is 0 Å². The van der Waals surface area contributed by atoms with E-state index in [0.717, 1.165) is 17.7 Å². The van der Waals surface area contributed by atoms with Crippen molar-refractivity contribution < 1.29 is 17.9 Å². The molecule has 1 atom stereocenters. The Balaban J connectivity index is 0.00000195. The van der Waals surface area contributed by atoms with Crippen molar-refractivity contribution in [2.24, 2.45) is 0 Å². The van der Waals surface area contributed by atoms with Crippen molar-refractivity contribution in [3.05, 3.63) is 83.3 Å². The number of aromatic nitrogens is 2. The van der Waals surface area contributed by atoms with Crippen LogP contribution in [0.2, 0.25) is 0 Å². The maximum absolute atomic E-state index is 13.2. The Kier molecular flexibility index (Phi) is 9.26. The molecular formula is C29H34N4O4S.